The Morgan fingerprint density at radius 1 is 1.11 bits per heavy atom. The number of halogens is 4. The van der Waals surface area contributed by atoms with Gasteiger partial charge >= 0.3 is 6.18 Å². The number of benzene rings is 1. The number of nitrogens with one attached hydrogen (secondary N) is 2. The van der Waals surface area contributed by atoms with Crippen molar-refractivity contribution in [2.24, 2.45) is 0 Å². The number of rotatable bonds is 7. The van der Waals surface area contributed by atoms with Crippen molar-refractivity contribution in [3.63, 3.8) is 0 Å². The Hall–Kier alpha value is -4.04. The van der Waals surface area contributed by atoms with Crippen molar-refractivity contribution < 1.29 is 27.1 Å². The summed E-state index contributed by atoms with van der Waals surface area (Å²) in [6.07, 6.45) is -0.508. The highest BCUT2D eigenvalue weighted by Gasteiger charge is 2.36. The first-order chi connectivity index (χ1) is 20.8. The van der Waals surface area contributed by atoms with Crippen molar-refractivity contribution in [1.29, 1.82) is 0 Å². The summed E-state index contributed by atoms with van der Waals surface area (Å²) in [5, 5.41) is 2.56. The smallest absolute Gasteiger partial charge is 0.372 e. The highest BCUT2D eigenvalue weighted by atomic mass is 19.4. The highest BCUT2D eigenvalue weighted by Crippen LogP contribution is 2.37. The molecule has 0 unspecified atom stereocenters. The maximum absolute atomic E-state index is 15.8. The van der Waals surface area contributed by atoms with Gasteiger partial charge in [-0.2, -0.15) is 13.2 Å². The molecule has 0 spiro atoms. The van der Waals surface area contributed by atoms with Gasteiger partial charge in [-0.3, -0.25) is 9.59 Å². The molecule has 2 aromatic heterocycles. The van der Waals surface area contributed by atoms with Crippen LogP contribution in [0.15, 0.2) is 41.6 Å². The fourth-order valence-corrected chi connectivity index (χ4v) is 5.77. The van der Waals surface area contributed by atoms with Gasteiger partial charge in [0.25, 0.3) is 5.91 Å². The van der Waals surface area contributed by atoms with Gasteiger partial charge in [0.15, 0.2) is 0 Å². The predicted octanol–water partition coefficient (Wildman–Crippen LogP) is 4.39. The van der Waals surface area contributed by atoms with E-state index in [0.717, 1.165) is 19.2 Å². The summed E-state index contributed by atoms with van der Waals surface area (Å²) in [5.74, 6) is -1.24. The van der Waals surface area contributed by atoms with Crippen molar-refractivity contribution in [3.8, 4) is 11.1 Å². The number of amides is 1. The third-order valence-corrected chi connectivity index (χ3v) is 8.09. The van der Waals surface area contributed by atoms with Gasteiger partial charge in [0.05, 0.1) is 34.7 Å². The monoisotopic (exact) mass is 617 g/mol. The largest absolute Gasteiger partial charge is 0.417 e. The number of hydrogen-bond acceptors (Lipinski definition) is 8. The van der Waals surface area contributed by atoms with Crippen molar-refractivity contribution in [3.05, 3.63) is 64.1 Å². The third-order valence-electron chi connectivity index (χ3n) is 8.09. The number of carbonyl (C=O) groups excluding carboxylic acids is 1. The maximum atomic E-state index is 15.8. The number of alkyl halides is 3. The number of pyridine rings is 1. The van der Waals surface area contributed by atoms with Gasteiger partial charge < -0.3 is 29.7 Å². The van der Waals surface area contributed by atoms with E-state index in [1.807, 2.05) is 37.6 Å². The fourth-order valence-electron chi connectivity index (χ4n) is 5.77. The summed E-state index contributed by atoms with van der Waals surface area (Å²) in [7, 11) is 1.98. The number of H-pyrrole nitrogens is 1. The number of hydrogen-bond donors (Lipinski definition) is 2. The molecule has 3 atom stereocenters. The summed E-state index contributed by atoms with van der Waals surface area (Å²) in [5.41, 5.74) is -2.29. The molecule has 2 N–H and O–H groups in total. The Morgan fingerprint density at radius 3 is 2.43 bits per heavy atom. The van der Waals surface area contributed by atoms with E-state index < -0.39 is 34.6 Å². The van der Waals surface area contributed by atoms with E-state index in [2.05, 4.69) is 25.2 Å². The molecule has 10 nitrogen and oxygen atoms in total. The van der Waals surface area contributed by atoms with Crippen LogP contribution in [0, 0.1) is 5.82 Å². The van der Waals surface area contributed by atoms with Crippen molar-refractivity contribution in [1.82, 2.24) is 19.9 Å². The second-order valence-corrected chi connectivity index (χ2v) is 11.3. The molecule has 14 heteroatoms. The zero-order valence-electron chi connectivity index (χ0n) is 24.9. The zero-order valence-corrected chi connectivity index (χ0v) is 24.9. The topological polar surface area (TPSA) is 107 Å². The SMILES string of the molecule is CCN(C)[C@@H]1CCN(c2cc(F)c(-c3cnc(N4C[C@@H](C)O[C@@H](C)C4)nc3)cc2NC(=O)c2c[nH]c(=O)cc2C(F)(F)F)C1. The van der Waals surface area contributed by atoms with E-state index in [9.17, 15) is 22.8 Å². The van der Waals surface area contributed by atoms with E-state index in [1.165, 1.54) is 24.5 Å². The number of aromatic amines is 1. The molecular formula is C30H35F4N7O3. The summed E-state index contributed by atoms with van der Waals surface area (Å²) in [4.78, 5) is 42.0. The van der Waals surface area contributed by atoms with Crippen LogP contribution < -0.4 is 20.7 Å². The maximum Gasteiger partial charge on any atom is 0.417 e. The average Bonchev–Trinajstić information content (AvgIpc) is 3.47. The molecule has 0 saturated carbocycles. The molecule has 1 amide bonds. The van der Waals surface area contributed by atoms with Crippen LogP contribution in [-0.2, 0) is 10.9 Å². The Bertz CT molecular complexity index is 1550. The van der Waals surface area contributed by atoms with Crippen LogP contribution in [0.1, 0.15) is 43.1 Å². The van der Waals surface area contributed by atoms with Crippen LogP contribution in [-0.4, -0.2) is 83.8 Å². The standard InChI is InChI=1S/C30H35F4N7O3/c1-5-39(4)20-6-7-40(16-20)26-10-24(31)21(19-11-36-29(37-12-19)41-14-17(2)44-18(3)15-41)8-25(26)38-28(43)22-13-35-27(42)9-23(22)30(32,33)34/h8-13,17-18,20H,5-7,14-16H2,1-4H3,(H,35,42)(H,38,43)/t17-,18+,20-/m1/s1. The zero-order chi connectivity index (χ0) is 31.8. The first kappa shape index (κ1) is 31.4. The van der Waals surface area contributed by atoms with Crippen molar-refractivity contribution in [2.75, 3.05) is 54.9 Å². The van der Waals surface area contributed by atoms with E-state index in [0.29, 0.717) is 49.4 Å². The number of anilines is 3. The van der Waals surface area contributed by atoms with Gasteiger partial charge in [-0.25, -0.2) is 14.4 Å². The molecule has 3 aromatic rings. The van der Waals surface area contributed by atoms with Crippen LogP contribution >= 0.6 is 0 Å². The quantitative estimate of drug-likeness (QED) is 0.377. The first-order valence-corrected chi connectivity index (χ1v) is 14.5. The molecule has 2 aliphatic rings. The normalized spacial score (nSPS) is 20.8. The van der Waals surface area contributed by atoms with Gasteiger partial charge in [0.2, 0.25) is 11.5 Å². The minimum atomic E-state index is -4.94. The lowest BCUT2D eigenvalue weighted by Gasteiger charge is -2.35. The molecule has 5 rings (SSSR count). The number of likely N-dealkylation sites (N-methyl/N-ethyl adjacent to an activating group) is 1. The van der Waals surface area contributed by atoms with Crippen LogP contribution in [0.3, 0.4) is 0 Å². The number of ether oxygens (including phenoxy) is 1. The van der Waals surface area contributed by atoms with Crippen molar-refractivity contribution in [2.45, 2.75) is 51.6 Å². The molecule has 236 valence electrons. The molecule has 44 heavy (non-hydrogen) atoms. The number of carbonyl (C=O) groups is 1. The van der Waals surface area contributed by atoms with Crippen LogP contribution in [0.4, 0.5) is 34.9 Å². The molecule has 0 bridgehead atoms. The molecule has 2 aliphatic heterocycles. The lowest BCUT2D eigenvalue weighted by molar-refractivity contribution is -0.138. The Morgan fingerprint density at radius 2 is 1.80 bits per heavy atom. The average molecular weight is 618 g/mol. The van der Waals surface area contributed by atoms with Crippen molar-refractivity contribution >= 4 is 23.2 Å². The van der Waals surface area contributed by atoms with Crippen LogP contribution in [0.25, 0.3) is 11.1 Å². The first-order valence-electron chi connectivity index (χ1n) is 14.5. The van der Waals surface area contributed by atoms with Gasteiger partial charge in [-0.15, -0.1) is 0 Å². The third kappa shape index (κ3) is 6.70. The van der Waals surface area contributed by atoms with E-state index >= 15 is 4.39 Å². The summed E-state index contributed by atoms with van der Waals surface area (Å²) < 4.78 is 62.7. The molecule has 0 radical (unpaired) electrons. The second kappa shape index (κ2) is 12.5. The molecular weight excluding hydrogens is 582 g/mol. The minimum Gasteiger partial charge on any atom is -0.372 e. The van der Waals surface area contributed by atoms with Gasteiger partial charge in [0, 0.05) is 68.0 Å². The minimum absolute atomic E-state index is 0.0132. The van der Waals surface area contributed by atoms with Gasteiger partial charge in [-0.1, -0.05) is 6.92 Å². The Labute approximate surface area is 252 Å². The van der Waals surface area contributed by atoms with E-state index in [1.54, 1.807) is 0 Å². The Kier molecular flexibility index (Phi) is 8.93. The van der Waals surface area contributed by atoms with E-state index in [-0.39, 0.29) is 29.5 Å². The lowest BCUT2D eigenvalue weighted by Crippen LogP contribution is -2.46. The predicted molar refractivity (Wildman–Crippen MR) is 159 cm³/mol. The summed E-state index contributed by atoms with van der Waals surface area (Å²) in [6, 6.07) is 3.17. The van der Waals surface area contributed by atoms with Crippen LogP contribution in [0.2, 0.25) is 0 Å². The Balaban J connectivity index is 1.51. The van der Waals surface area contributed by atoms with Gasteiger partial charge in [-0.05, 0) is 46.0 Å². The number of morpholine rings is 1. The summed E-state index contributed by atoms with van der Waals surface area (Å²) >= 11 is 0. The number of aromatic nitrogens is 3. The number of nitrogens with zero attached hydrogens (tertiary/aromatic N) is 5. The molecule has 2 fully saturated rings. The molecule has 1 aromatic carbocycles. The fraction of sp³-hybridized carbons (Fsp3) is 0.467. The van der Waals surface area contributed by atoms with E-state index in [4.69, 9.17) is 4.74 Å². The lowest BCUT2D eigenvalue weighted by atomic mass is 10.0. The summed E-state index contributed by atoms with van der Waals surface area (Å²) in [6.45, 7) is 9.02. The second-order valence-electron chi connectivity index (χ2n) is 11.3. The van der Waals surface area contributed by atoms with Gasteiger partial charge in [0.1, 0.15) is 5.82 Å². The molecule has 4 heterocycles. The highest BCUT2D eigenvalue weighted by molar-refractivity contribution is 6.07. The van der Waals surface area contributed by atoms with Crippen LogP contribution in [0.5, 0.6) is 0 Å². The molecule has 0 aliphatic carbocycles. The molecule has 2 saturated heterocycles.